The topological polar surface area (TPSA) is 103 Å². The van der Waals surface area contributed by atoms with Gasteiger partial charge in [0.1, 0.15) is 5.25 Å². The molecule has 2 heterocycles. The summed E-state index contributed by atoms with van der Waals surface area (Å²) in [6.07, 6.45) is 0. The minimum absolute atomic E-state index is 0.0323. The highest BCUT2D eigenvalue weighted by Crippen LogP contribution is 2.20. The van der Waals surface area contributed by atoms with E-state index in [1.807, 2.05) is 32.0 Å². The summed E-state index contributed by atoms with van der Waals surface area (Å²) in [5.41, 5.74) is 7.92. The van der Waals surface area contributed by atoms with E-state index < -0.39 is 15.3 Å². The van der Waals surface area contributed by atoms with Gasteiger partial charge < -0.3 is 4.98 Å². The van der Waals surface area contributed by atoms with Crippen LogP contribution < -0.4 is 21.1 Å². The SMILES string of the molecule is CC(C)c1ccc2[nH]c(=O)c(CNS(=O)(=O)C3C(C)NNC3C)cc2c1. The fourth-order valence-corrected chi connectivity index (χ4v) is 5.19. The van der Waals surface area contributed by atoms with Gasteiger partial charge in [0, 0.05) is 29.7 Å². The molecule has 0 aliphatic carbocycles. The van der Waals surface area contributed by atoms with Gasteiger partial charge in [-0.15, -0.1) is 0 Å². The second kappa shape index (κ2) is 7.11. The first-order valence-corrected chi connectivity index (χ1v) is 10.4. The highest BCUT2D eigenvalue weighted by molar-refractivity contribution is 7.90. The Labute approximate surface area is 153 Å². The second-order valence-electron chi connectivity index (χ2n) is 7.32. The third kappa shape index (κ3) is 3.68. The lowest BCUT2D eigenvalue weighted by atomic mass is 10.0. The van der Waals surface area contributed by atoms with Crippen molar-refractivity contribution < 1.29 is 8.42 Å². The molecule has 0 spiro atoms. The van der Waals surface area contributed by atoms with Gasteiger partial charge in [0.25, 0.3) is 5.56 Å². The van der Waals surface area contributed by atoms with Crippen LogP contribution in [0.1, 0.15) is 44.7 Å². The molecule has 0 saturated carbocycles. The predicted molar refractivity (Wildman–Crippen MR) is 103 cm³/mol. The largest absolute Gasteiger partial charge is 0.322 e. The van der Waals surface area contributed by atoms with Crippen molar-refractivity contribution in [2.24, 2.45) is 0 Å². The minimum atomic E-state index is -3.58. The highest BCUT2D eigenvalue weighted by Gasteiger charge is 2.40. The summed E-state index contributed by atoms with van der Waals surface area (Å²) in [6, 6.07) is 7.24. The maximum absolute atomic E-state index is 12.6. The Balaban J connectivity index is 1.86. The summed E-state index contributed by atoms with van der Waals surface area (Å²) in [7, 11) is -3.58. The molecule has 26 heavy (non-hydrogen) atoms. The van der Waals surface area contributed by atoms with E-state index in [2.05, 4.69) is 34.4 Å². The molecular weight excluding hydrogens is 352 g/mol. The molecule has 0 amide bonds. The van der Waals surface area contributed by atoms with E-state index in [1.54, 1.807) is 6.07 Å². The van der Waals surface area contributed by atoms with Gasteiger partial charge in [0.15, 0.2) is 0 Å². The molecular formula is C18H26N4O3S. The number of hydrogen-bond donors (Lipinski definition) is 4. The molecule has 8 heteroatoms. The molecule has 1 saturated heterocycles. The van der Waals surface area contributed by atoms with Crippen LogP contribution in [0.5, 0.6) is 0 Å². The molecule has 0 bridgehead atoms. The second-order valence-corrected chi connectivity index (χ2v) is 9.24. The quantitative estimate of drug-likeness (QED) is 0.628. The average molecular weight is 378 g/mol. The Morgan fingerprint density at radius 3 is 2.38 bits per heavy atom. The summed E-state index contributed by atoms with van der Waals surface area (Å²) in [6.45, 7) is 7.81. The van der Waals surface area contributed by atoms with Crippen LogP contribution in [0.15, 0.2) is 29.1 Å². The standard InChI is InChI=1S/C18H26N4O3S/c1-10(2)13-5-6-16-14(7-13)8-15(18(23)20-16)9-19-26(24,25)17-11(3)21-22-12(17)4/h5-8,10-12,17,19,21-22H,9H2,1-4H3,(H,20,23). The Kier molecular flexibility index (Phi) is 5.21. The molecule has 1 aliphatic heterocycles. The molecule has 2 atom stereocenters. The zero-order chi connectivity index (χ0) is 19.1. The van der Waals surface area contributed by atoms with Crippen LogP contribution in [0.2, 0.25) is 0 Å². The lowest BCUT2D eigenvalue weighted by molar-refractivity contribution is 0.544. The molecule has 1 aliphatic rings. The van der Waals surface area contributed by atoms with Gasteiger partial charge in [0.05, 0.1) is 0 Å². The average Bonchev–Trinajstić information content (AvgIpc) is 2.91. The van der Waals surface area contributed by atoms with Crippen LogP contribution >= 0.6 is 0 Å². The first kappa shape index (κ1) is 19.0. The monoisotopic (exact) mass is 378 g/mol. The maximum atomic E-state index is 12.6. The smallest absolute Gasteiger partial charge is 0.252 e. The van der Waals surface area contributed by atoms with Gasteiger partial charge >= 0.3 is 0 Å². The van der Waals surface area contributed by atoms with Crippen molar-refractivity contribution in [3.05, 3.63) is 45.7 Å². The Morgan fingerprint density at radius 2 is 1.77 bits per heavy atom. The molecule has 4 N–H and O–H groups in total. The third-order valence-corrected chi connectivity index (χ3v) is 7.04. The van der Waals surface area contributed by atoms with E-state index in [0.29, 0.717) is 11.5 Å². The van der Waals surface area contributed by atoms with Crippen LogP contribution in [0.25, 0.3) is 10.9 Å². The first-order valence-electron chi connectivity index (χ1n) is 8.84. The van der Waals surface area contributed by atoms with E-state index in [9.17, 15) is 13.2 Å². The highest BCUT2D eigenvalue weighted by atomic mass is 32.2. The number of aromatic amines is 1. The van der Waals surface area contributed by atoms with E-state index in [-0.39, 0.29) is 24.2 Å². The van der Waals surface area contributed by atoms with Crippen LogP contribution in [0.4, 0.5) is 0 Å². The van der Waals surface area contributed by atoms with Crippen molar-refractivity contribution >= 4 is 20.9 Å². The van der Waals surface area contributed by atoms with E-state index >= 15 is 0 Å². The molecule has 1 aromatic carbocycles. The van der Waals surface area contributed by atoms with Crippen LogP contribution in [0, 0.1) is 0 Å². The van der Waals surface area contributed by atoms with Crippen molar-refractivity contribution in [2.75, 3.05) is 0 Å². The van der Waals surface area contributed by atoms with Crippen molar-refractivity contribution in [3.8, 4) is 0 Å². The summed E-state index contributed by atoms with van der Waals surface area (Å²) >= 11 is 0. The van der Waals surface area contributed by atoms with Gasteiger partial charge in [0.2, 0.25) is 10.0 Å². The van der Waals surface area contributed by atoms with E-state index in [0.717, 1.165) is 10.9 Å². The molecule has 2 aromatic rings. The number of H-pyrrole nitrogens is 1. The first-order chi connectivity index (χ1) is 12.2. The van der Waals surface area contributed by atoms with Crippen LogP contribution in [-0.4, -0.2) is 30.7 Å². The zero-order valence-electron chi connectivity index (χ0n) is 15.5. The number of rotatable bonds is 5. The lowest BCUT2D eigenvalue weighted by Crippen LogP contribution is -2.44. The summed E-state index contributed by atoms with van der Waals surface area (Å²) in [5.74, 6) is 0.374. The minimum Gasteiger partial charge on any atom is -0.322 e. The van der Waals surface area contributed by atoms with Crippen molar-refractivity contribution in [3.63, 3.8) is 0 Å². The van der Waals surface area contributed by atoms with Gasteiger partial charge in [-0.25, -0.2) is 13.1 Å². The van der Waals surface area contributed by atoms with Crippen molar-refractivity contribution in [1.82, 2.24) is 20.6 Å². The zero-order valence-corrected chi connectivity index (χ0v) is 16.3. The van der Waals surface area contributed by atoms with Gasteiger partial charge in [-0.05, 0) is 48.9 Å². The van der Waals surface area contributed by atoms with Crippen LogP contribution in [-0.2, 0) is 16.6 Å². The molecule has 0 radical (unpaired) electrons. The number of nitrogens with one attached hydrogen (secondary N) is 4. The summed E-state index contributed by atoms with van der Waals surface area (Å²) in [5, 5.41) is 0.297. The molecule has 3 rings (SSSR count). The van der Waals surface area contributed by atoms with Crippen molar-refractivity contribution in [1.29, 1.82) is 0 Å². The van der Waals surface area contributed by atoms with Gasteiger partial charge in [-0.1, -0.05) is 19.9 Å². The lowest BCUT2D eigenvalue weighted by Gasteiger charge is -2.19. The van der Waals surface area contributed by atoms with Gasteiger partial charge in [-0.3, -0.25) is 15.6 Å². The fourth-order valence-electron chi connectivity index (χ4n) is 3.43. The molecule has 2 unspecified atom stereocenters. The third-order valence-electron chi connectivity index (χ3n) is 4.96. The molecule has 142 valence electrons. The fraction of sp³-hybridized carbons (Fsp3) is 0.500. The Bertz CT molecular complexity index is 958. The predicted octanol–water partition coefficient (Wildman–Crippen LogP) is 1.32. The normalized spacial score (nSPS) is 23.8. The summed E-state index contributed by atoms with van der Waals surface area (Å²) < 4.78 is 27.9. The number of hydrazine groups is 1. The van der Waals surface area contributed by atoms with Crippen LogP contribution in [0.3, 0.4) is 0 Å². The summed E-state index contributed by atoms with van der Waals surface area (Å²) in [4.78, 5) is 15.1. The number of aromatic nitrogens is 1. The van der Waals surface area contributed by atoms with E-state index in [1.165, 1.54) is 5.56 Å². The number of fused-ring (bicyclic) bond motifs is 1. The molecule has 1 fully saturated rings. The number of benzene rings is 1. The Morgan fingerprint density at radius 1 is 1.12 bits per heavy atom. The molecule has 1 aromatic heterocycles. The Hall–Kier alpha value is -1.74. The van der Waals surface area contributed by atoms with E-state index in [4.69, 9.17) is 0 Å². The maximum Gasteiger partial charge on any atom is 0.252 e. The van der Waals surface area contributed by atoms with Gasteiger partial charge in [-0.2, -0.15) is 0 Å². The number of pyridine rings is 1. The van der Waals surface area contributed by atoms with Crippen molar-refractivity contribution in [2.45, 2.75) is 57.5 Å². The molecule has 7 nitrogen and oxygen atoms in total. The number of sulfonamides is 1. The number of hydrogen-bond acceptors (Lipinski definition) is 5.